The lowest BCUT2D eigenvalue weighted by molar-refractivity contribution is -0.117. The van der Waals surface area contributed by atoms with E-state index in [0.29, 0.717) is 24.5 Å². The van der Waals surface area contributed by atoms with Crippen molar-refractivity contribution >= 4 is 17.7 Å². The molecule has 0 saturated carbocycles. The quantitative estimate of drug-likeness (QED) is 0.691. The Balaban J connectivity index is 1.12. The number of phenolic OH excluding ortho intramolecular Hbond substituents is 1. The number of para-hydroxylation sites is 1. The van der Waals surface area contributed by atoms with Gasteiger partial charge < -0.3 is 20.1 Å². The van der Waals surface area contributed by atoms with Gasteiger partial charge in [0.05, 0.1) is 5.57 Å². The molecule has 0 radical (unpaired) electrons. The summed E-state index contributed by atoms with van der Waals surface area (Å²) < 4.78 is 5.66. The number of unbranched alkanes of at least 4 members (excludes halogenated alkanes) is 1. The minimum Gasteiger partial charge on any atom is -0.508 e. The molecule has 0 unspecified atom stereocenters. The zero-order valence-corrected chi connectivity index (χ0v) is 17.2. The van der Waals surface area contributed by atoms with Gasteiger partial charge in [-0.2, -0.15) is 0 Å². The Hall–Kier alpha value is -2.99. The van der Waals surface area contributed by atoms with Gasteiger partial charge in [-0.05, 0) is 55.8 Å². The number of piperazine rings is 1. The first-order valence-corrected chi connectivity index (χ1v) is 10.7. The minimum absolute atomic E-state index is 0.0352. The van der Waals surface area contributed by atoms with E-state index in [2.05, 4.69) is 15.1 Å². The third kappa shape index (κ3) is 5.13. The number of amides is 1. The van der Waals surface area contributed by atoms with Crippen molar-refractivity contribution in [2.45, 2.75) is 12.8 Å². The Morgan fingerprint density at radius 3 is 2.57 bits per heavy atom. The van der Waals surface area contributed by atoms with E-state index in [4.69, 9.17) is 4.74 Å². The zero-order valence-electron chi connectivity index (χ0n) is 17.2. The monoisotopic (exact) mass is 407 g/mol. The summed E-state index contributed by atoms with van der Waals surface area (Å²) in [5.74, 6) is 1.10. The first-order chi connectivity index (χ1) is 14.7. The molecule has 0 aromatic heterocycles. The topological polar surface area (TPSA) is 65.0 Å². The number of phenols is 1. The highest BCUT2D eigenvalue weighted by atomic mass is 16.5. The molecule has 0 atom stereocenters. The summed E-state index contributed by atoms with van der Waals surface area (Å²) in [5.41, 5.74) is 2.80. The van der Waals surface area contributed by atoms with Gasteiger partial charge in [-0.1, -0.05) is 18.2 Å². The van der Waals surface area contributed by atoms with Crippen LogP contribution < -0.4 is 15.0 Å². The third-order valence-electron chi connectivity index (χ3n) is 5.70. The van der Waals surface area contributed by atoms with Crippen molar-refractivity contribution in [2.75, 3.05) is 50.8 Å². The molecule has 6 heteroatoms. The zero-order chi connectivity index (χ0) is 20.8. The largest absolute Gasteiger partial charge is 0.508 e. The number of nitrogens with one attached hydrogen (secondary N) is 1. The highest BCUT2D eigenvalue weighted by Crippen LogP contribution is 2.25. The molecule has 2 aliphatic rings. The predicted molar refractivity (Wildman–Crippen MR) is 119 cm³/mol. The maximum Gasteiger partial charge on any atom is 0.250 e. The number of fused-ring (bicyclic) bond motifs is 1. The molecular weight excluding hydrogens is 378 g/mol. The van der Waals surface area contributed by atoms with Crippen molar-refractivity contribution in [1.82, 2.24) is 10.2 Å². The standard InChI is InChI=1S/C24H29N3O3/c28-22-9-7-21(8-10-22)27-15-13-26(14-16-27)12-4-3-11-25-24(29)20-17-19-5-1-2-6-23(19)30-18-20/h1-2,5-10,17,28H,3-4,11-16,18H2,(H,25,29). The lowest BCUT2D eigenvalue weighted by Gasteiger charge is -2.36. The molecule has 2 N–H and O–H groups in total. The summed E-state index contributed by atoms with van der Waals surface area (Å²) in [4.78, 5) is 17.2. The van der Waals surface area contributed by atoms with E-state index in [9.17, 15) is 9.90 Å². The first kappa shape index (κ1) is 20.3. The minimum atomic E-state index is -0.0352. The van der Waals surface area contributed by atoms with Crippen LogP contribution in [0.3, 0.4) is 0 Å². The molecule has 30 heavy (non-hydrogen) atoms. The van der Waals surface area contributed by atoms with Gasteiger partial charge in [0, 0.05) is 44.0 Å². The van der Waals surface area contributed by atoms with Gasteiger partial charge in [0.2, 0.25) is 0 Å². The van der Waals surface area contributed by atoms with Gasteiger partial charge in [0.25, 0.3) is 5.91 Å². The Morgan fingerprint density at radius 1 is 1.00 bits per heavy atom. The second-order valence-electron chi connectivity index (χ2n) is 7.80. The summed E-state index contributed by atoms with van der Waals surface area (Å²) in [7, 11) is 0. The fourth-order valence-electron chi connectivity index (χ4n) is 3.92. The van der Waals surface area contributed by atoms with Crippen molar-refractivity contribution in [3.05, 3.63) is 59.7 Å². The lowest BCUT2D eigenvalue weighted by atomic mass is 10.1. The smallest absolute Gasteiger partial charge is 0.250 e. The average molecular weight is 408 g/mol. The van der Waals surface area contributed by atoms with Crippen LogP contribution in [0.5, 0.6) is 11.5 Å². The number of ether oxygens (including phenoxy) is 1. The maximum atomic E-state index is 12.4. The van der Waals surface area contributed by atoms with Crippen molar-refractivity contribution in [2.24, 2.45) is 0 Å². The number of carbonyl (C=O) groups is 1. The van der Waals surface area contributed by atoms with Crippen LogP contribution in [-0.4, -0.2) is 61.8 Å². The molecule has 6 nitrogen and oxygen atoms in total. The second kappa shape index (κ2) is 9.67. The number of anilines is 1. The SMILES string of the molecule is O=C(NCCCCN1CCN(c2ccc(O)cc2)CC1)C1=Cc2ccccc2OC1. The van der Waals surface area contributed by atoms with Gasteiger partial charge in [-0.3, -0.25) is 9.69 Å². The molecule has 0 bridgehead atoms. The van der Waals surface area contributed by atoms with Gasteiger partial charge in [-0.25, -0.2) is 0 Å². The predicted octanol–water partition coefficient (Wildman–Crippen LogP) is 2.89. The number of carbonyl (C=O) groups excluding carboxylic acids is 1. The van der Waals surface area contributed by atoms with Crippen LogP contribution in [0.2, 0.25) is 0 Å². The molecule has 158 valence electrons. The van der Waals surface area contributed by atoms with Crippen molar-refractivity contribution in [3.8, 4) is 11.5 Å². The number of hydrogen-bond acceptors (Lipinski definition) is 5. The van der Waals surface area contributed by atoms with E-state index in [1.165, 1.54) is 5.69 Å². The Labute approximate surface area is 177 Å². The molecule has 2 heterocycles. The highest BCUT2D eigenvalue weighted by Gasteiger charge is 2.18. The van der Waals surface area contributed by atoms with E-state index in [1.54, 1.807) is 12.1 Å². The third-order valence-corrected chi connectivity index (χ3v) is 5.70. The fraction of sp³-hybridized carbons (Fsp3) is 0.375. The van der Waals surface area contributed by atoms with Crippen molar-refractivity contribution in [1.29, 1.82) is 0 Å². The number of hydrogen-bond donors (Lipinski definition) is 2. The maximum absolute atomic E-state index is 12.4. The van der Waals surface area contributed by atoms with Gasteiger partial charge >= 0.3 is 0 Å². The molecule has 0 aliphatic carbocycles. The van der Waals surface area contributed by atoms with Crippen LogP contribution in [0.25, 0.3) is 6.08 Å². The fourth-order valence-corrected chi connectivity index (χ4v) is 3.92. The van der Waals surface area contributed by atoms with Gasteiger partial charge in [0.1, 0.15) is 18.1 Å². The summed E-state index contributed by atoms with van der Waals surface area (Å²) >= 11 is 0. The van der Waals surface area contributed by atoms with Gasteiger partial charge in [0.15, 0.2) is 0 Å². The van der Waals surface area contributed by atoms with Crippen LogP contribution in [0.15, 0.2) is 54.1 Å². The molecule has 2 aliphatic heterocycles. The van der Waals surface area contributed by atoms with Crippen LogP contribution in [0.4, 0.5) is 5.69 Å². The number of benzene rings is 2. The molecule has 2 aromatic rings. The van der Waals surface area contributed by atoms with Crippen LogP contribution in [-0.2, 0) is 4.79 Å². The van der Waals surface area contributed by atoms with Crippen LogP contribution in [0, 0.1) is 0 Å². The molecule has 0 spiro atoms. The number of nitrogens with zero attached hydrogens (tertiary/aromatic N) is 2. The first-order valence-electron chi connectivity index (χ1n) is 10.7. The normalized spacial score (nSPS) is 16.4. The molecule has 1 amide bonds. The Kier molecular flexibility index (Phi) is 6.54. The average Bonchev–Trinajstić information content (AvgIpc) is 2.79. The van der Waals surface area contributed by atoms with Crippen LogP contribution >= 0.6 is 0 Å². The number of rotatable bonds is 7. The van der Waals surface area contributed by atoms with E-state index in [0.717, 1.165) is 56.9 Å². The van der Waals surface area contributed by atoms with Crippen molar-refractivity contribution < 1.29 is 14.6 Å². The highest BCUT2D eigenvalue weighted by molar-refractivity contribution is 5.99. The van der Waals surface area contributed by atoms with E-state index >= 15 is 0 Å². The summed E-state index contributed by atoms with van der Waals surface area (Å²) in [5, 5.41) is 12.4. The second-order valence-corrected chi connectivity index (χ2v) is 7.80. The molecule has 2 aromatic carbocycles. The molecular formula is C24H29N3O3. The van der Waals surface area contributed by atoms with Gasteiger partial charge in [-0.15, -0.1) is 0 Å². The Morgan fingerprint density at radius 2 is 1.77 bits per heavy atom. The molecule has 4 rings (SSSR count). The summed E-state index contributed by atoms with van der Waals surface area (Å²) in [6, 6.07) is 15.2. The number of aromatic hydroxyl groups is 1. The molecule has 1 saturated heterocycles. The molecule has 1 fully saturated rings. The van der Waals surface area contributed by atoms with E-state index in [-0.39, 0.29) is 5.91 Å². The van der Waals surface area contributed by atoms with E-state index in [1.807, 2.05) is 42.5 Å². The van der Waals surface area contributed by atoms with Crippen molar-refractivity contribution in [3.63, 3.8) is 0 Å². The Bertz CT molecular complexity index is 887. The van der Waals surface area contributed by atoms with E-state index < -0.39 is 0 Å². The summed E-state index contributed by atoms with van der Waals surface area (Å²) in [6.45, 7) is 6.14. The van der Waals surface area contributed by atoms with Crippen LogP contribution in [0.1, 0.15) is 18.4 Å². The lowest BCUT2D eigenvalue weighted by Crippen LogP contribution is -2.46. The summed E-state index contributed by atoms with van der Waals surface area (Å²) in [6.07, 6.45) is 3.95.